The topological polar surface area (TPSA) is 92.2 Å². The molecule has 0 N–H and O–H groups in total. The molecule has 0 amide bonds. The Morgan fingerprint density at radius 1 is 0.591 bits per heavy atom. The molecule has 0 fully saturated rings. The van der Waals surface area contributed by atoms with Crippen molar-refractivity contribution in [1.82, 2.24) is 0 Å². The van der Waals surface area contributed by atoms with Crippen molar-refractivity contribution >= 4 is 32.6 Å². The van der Waals surface area contributed by atoms with E-state index < -0.39 is 0 Å². The molecule has 0 heterocycles. The number of hydrogen-bond acceptors (Lipinski definition) is 4. The molecule has 0 aromatic heterocycles. The van der Waals surface area contributed by atoms with Gasteiger partial charge in [-0.2, -0.15) is 0 Å². The fourth-order valence-corrected chi connectivity index (χ4v) is 2.29. The van der Waals surface area contributed by atoms with Gasteiger partial charge < -0.3 is 20.4 Å². The Kier molecular flexibility index (Phi) is 86.5. The summed E-state index contributed by atoms with van der Waals surface area (Å²) in [6, 6.07) is 0. The molecule has 22 heavy (non-hydrogen) atoms. The zero-order valence-corrected chi connectivity index (χ0v) is 18.5. The Bertz CT molecular complexity index is 100. The summed E-state index contributed by atoms with van der Waals surface area (Å²) in [6.45, 7) is 15.5. The predicted octanol–water partition coefficient (Wildman–Crippen LogP) is -0.0752. The van der Waals surface area contributed by atoms with Gasteiger partial charge in [-0.05, 0) is 0 Å². The van der Waals surface area contributed by atoms with Crippen molar-refractivity contribution in [1.29, 1.82) is 0 Å². The third-order valence-corrected chi connectivity index (χ3v) is 3.83. The van der Waals surface area contributed by atoms with Gasteiger partial charge in [-0.1, -0.05) is 27.7 Å². The second-order valence-electron chi connectivity index (χ2n) is 4.70. The predicted molar refractivity (Wildman–Crippen MR) is 93.0 cm³/mol. The van der Waals surface area contributed by atoms with E-state index in [4.69, 9.17) is 20.4 Å². The molecule has 0 unspecified atom stereocenters. The SMILES string of the molecule is CC(C)[CH2][Al+][CH2]C(C)C.CC[O-].CC[O-].CC[O-].CC[O-].[Al+3]. The van der Waals surface area contributed by atoms with E-state index in [1.165, 1.54) is 10.6 Å². The first-order chi connectivity index (χ1) is 9.78. The molecule has 0 aliphatic rings. The fraction of sp³-hybridized carbons (Fsp3) is 1.00. The quantitative estimate of drug-likeness (QED) is 0.665. The second kappa shape index (κ2) is 49.5. The van der Waals surface area contributed by atoms with E-state index in [9.17, 15) is 0 Å². The second-order valence-corrected chi connectivity index (χ2v) is 6.22. The average molecular weight is 348 g/mol. The zero-order valence-electron chi connectivity index (χ0n) is 16.2. The smallest absolute Gasteiger partial charge is 0.855 e. The van der Waals surface area contributed by atoms with Gasteiger partial charge in [0, 0.05) is 0 Å². The maximum Gasteiger partial charge on any atom is 3.00 e. The van der Waals surface area contributed by atoms with Crippen LogP contribution in [0.15, 0.2) is 0 Å². The first-order valence-electron chi connectivity index (χ1n) is 7.93. The van der Waals surface area contributed by atoms with Crippen molar-refractivity contribution in [2.45, 2.75) is 66.0 Å². The minimum atomic E-state index is 0. The molecule has 0 saturated carbocycles. The van der Waals surface area contributed by atoms with Crippen LogP contribution in [0.3, 0.4) is 0 Å². The molecule has 0 aromatic rings. The van der Waals surface area contributed by atoms with Crippen LogP contribution >= 0.6 is 0 Å². The summed E-state index contributed by atoms with van der Waals surface area (Å²) in [5, 5.41) is 38.7. The van der Waals surface area contributed by atoms with Crippen LogP contribution < -0.4 is 20.4 Å². The molecule has 0 aromatic carbocycles. The van der Waals surface area contributed by atoms with Crippen molar-refractivity contribution in [2.24, 2.45) is 11.8 Å². The van der Waals surface area contributed by atoms with Crippen molar-refractivity contribution in [3.8, 4) is 0 Å². The van der Waals surface area contributed by atoms with E-state index in [1.54, 1.807) is 27.7 Å². The van der Waals surface area contributed by atoms with Gasteiger partial charge in [0.05, 0.1) is 0 Å². The van der Waals surface area contributed by atoms with Gasteiger partial charge in [0.1, 0.15) is 0 Å². The van der Waals surface area contributed by atoms with Gasteiger partial charge in [-0.3, -0.25) is 0 Å². The first kappa shape index (κ1) is 38.5. The van der Waals surface area contributed by atoms with Crippen LogP contribution in [0.1, 0.15) is 55.4 Å². The Hall–Kier alpha value is 0.905. The molecule has 132 valence electrons. The van der Waals surface area contributed by atoms with E-state index in [0.29, 0.717) is 0 Å². The average Bonchev–Trinajstić information content (AvgIpc) is 2.31. The summed E-state index contributed by atoms with van der Waals surface area (Å²) in [5.41, 5.74) is 0. The van der Waals surface area contributed by atoms with E-state index >= 15 is 0 Å². The van der Waals surface area contributed by atoms with Gasteiger partial charge in [0.2, 0.25) is 0 Å². The molecular weight excluding hydrogens is 310 g/mol. The maximum absolute atomic E-state index is 8.93. The molecule has 0 rings (SSSR count). The van der Waals surface area contributed by atoms with Crippen LogP contribution in [0.4, 0.5) is 0 Å². The Labute approximate surface area is 157 Å². The molecule has 6 heteroatoms. The third kappa shape index (κ3) is 174. The summed E-state index contributed by atoms with van der Waals surface area (Å²) in [4.78, 5) is 0. The van der Waals surface area contributed by atoms with E-state index in [0.717, 1.165) is 27.1 Å². The van der Waals surface area contributed by atoms with Crippen LogP contribution in [-0.2, 0) is 0 Å². The Balaban J connectivity index is -0.0000000415. The van der Waals surface area contributed by atoms with Crippen molar-refractivity contribution in [3.63, 3.8) is 0 Å². The normalized spacial score (nSPS) is 7.55. The molecule has 0 saturated heterocycles. The molecular formula is C16H38Al2O4. The zero-order chi connectivity index (χ0) is 18.1. The van der Waals surface area contributed by atoms with Gasteiger partial charge in [0.25, 0.3) is 0 Å². The van der Waals surface area contributed by atoms with Gasteiger partial charge in [-0.25, -0.2) is 0 Å². The summed E-state index contributed by atoms with van der Waals surface area (Å²) >= 11 is 0.755. The summed E-state index contributed by atoms with van der Waals surface area (Å²) in [5.74, 6) is 1.86. The van der Waals surface area contributed by atoms with Gasteiger partial charge >= 0.3 is 82.7 Å². The first-order valence-corrected chi connectivity index (χ1v) is 9.56. The maximum atomic E-state index is 8.93. The van der Waals surface area contributed by atoms with E-state index in [-0.39, 0.29) is 43.8 Å². The Morgan fingerprint density at radius 2 is 0.727 bits per heavy atom. The van der Waals surface area contributed by atoms with Crippen molar-refractivity contribution in [3.05, 3.63) is 0 Å². The molecule has 0 aliphatic carbocycles. The minimum Gasteiger partial charge on any atom is -0.855 e. The monoisotopic (exact) mass is 348 g/mol. The summed E-state index contributed by atoms with van der Waals surface area (Å²) < 4.78 is 0. The van der Waals surface area contributed by atoms with Crippen LogP contribution in [0.5, 0.6) is 0 Å². The van der Waals surface area contributed by atoms with Crippen LogP contribution in [-0.4, -0.2) is 59.0 Å². The molecule has 4 nitrogen and oxygen atoms in total. The van der Waals surface area contributed by atoms with Crippen molar-refractivity contribution < 1.29 is 20.4 Å². The minimum absolute atomic E-state index is 0. The van der Waals surface area contributed by atoms with Crippen molar-refractivity contribution in [2.75, 3.05) is 26.4 Å². The van der Waals surface area contributed by atoms with E-state index in [1.807, 2.05) is 0 Å². The Morgan fingerprint density at radius 3 is 0.818 bits per heavy atom. The molecule has 0 atom stereocenters. The van der Waals surface area contributed by atoms with Crippen LogP contribution in [0.2, 0.25) is 10.6 Å². The van der Waals surface area contributed by atoms with Crippen LogP contribution in [0, 0.1) is 11.8 Å². The number of hydrogen-bond donors (Lipinski definition) is 0. The molecule has 0 aliphatic heterocycles. The number of rotatable bonds is 4. The van der Waals surface area contributed by atoms with Gasteiger partial charge in [0.15, 0.2) is 0 Å². The molecule has 0 spiro atoms. The van der Waals surface area contributed by atoms with Crippen LogP contribution in [0.25, 0.3) is 0 Å². The van der Waals surface area contributed by atoms with E-state index in [2.05, 4.69) is 27.7 Å². The summed E-state index contributed by atoms with van der Waals surface area (Å²) in [7, 11) is 0. The standard InChI is InChI=1S/2C4H9.4C2H5O.2Al/c2*1-4(2)3;4*1-2-3;;/h2*4H,1H2,2-3H3;4*2H2,1H3;;/q;;4*-1;+1;+3. The third-order valence-electron chi connectivity index (χ3n) is 1.28. The largest absolute Gasteiger partial charge is 3.00 e. The van der Waals surface area contributed by atoms with Gasteiger partial charge in [-0.15, -0.1) is 26.4 Å². The summed E-state index contributed by atoms with van der Waals surface area (Å²) in [6.07, 6.45) is 0. The molecule has 0 radical (unpaired) electrons. The fourth-order valence-electron chi connectivity index (χ4n) is 0.763. The molecule has 0 bridgehead atoms.